The monoisotopic (exact) mass is 284 g/mol. The molecule has 0 saturated carbocycles. The number of aliphatic hydroxyl groups excluding tert-OH is 1. The number of ether oxygens (including phenoxy) is 1. The number of benzene rings is 2. The maximum atomic E-state index is 13.2. The van der Waals surface area contributed by atoms with Crippen LogP contribution in [0.5, 0.6) is 11.5 Å². The number of hydrogen-bond donors (Lipinski definition) is 1. The molecule has 0 amide bonds. The van der Waals surface area contributed by atoms with E-state index in [1.54, 1.807) is 30.5 Å². The van der Waals surface area contributed by atoms with Crippen LogP contribution in [0.3, 0.4) is 0 Å². The molecule has 0 spiro atoms. The van der Waals surface area contributed by atoms with Crippen molar-refractivity contribution in [3.8, 4) is 11.5 Å². The summed E-state index contributed by atoms with van der Waals surface area (Å²) >= 11 is 0. The fourth-order valence-electron chi connectivity index (χ4n) is 2.05. The zero-order valence-electron chi connectivity index (χ0n) is 11.4. The van der Waals surface area contributed by atoms with Crippen molar-refractivity contribution in [1.29, 1.82) is 0 Å². The summed E-state index contributed by atoms with van der Waals surface area (Å²) in [4.78, 5) is 8.69. The lowest BCUT2D eigenvalue weighted by atomic mass is 10.2. The Balaban J connectivity index is 2.13. The Labute approximate surface area is 120 Å². The van der Waals surface area contributed by atoms with Crippen molar-refractivity contribution < 1.29 is 14.2 Å². The van der Waals surface area contributed by atoms with Crippen LogP contribution < -0.4 is 4.74 Å². The lowest BCUT2D eigenvalue weighted by Gasteiger charge is -2.10. The molecule has 3 aromatic rings. The molecule has 0 atom stereocenters. The molecule has 106 valence electrons. The van der Waals surface area contributed by atoms with Gasteiger partial charge >= 0.3 is 0 Å². The summed E-state index contributed by atoms with van der Waals surface area (Å²) in [6.45, 7) is 1.70. The van der Waals surface area contributed by atoms with E-state index in [0.29, 0.717) is 28.1 Å². The zero-order chi connectivity index (χ0) is 14.8. The average molecular weight is 284 g/mol. The molecule has 1 heterocycles. The summed E-state index contributed by atoms with van der Waals surface area (Å²) in [6, 6.07) is 9.30. The van der Waals surface area contributed by atoms with Gasteiger partial charge in [0.15, 0.2) is 5.75 Å². The van der Waals surface area contributed by atoms with Crippen LogP contribution in [0.2, 0.25) is 0 Å². The van der Waals surface area contributed by atoms with Gasteiger partial charge in [-0.3, -0.25) is 4.98 Å². The number of aryl methyl sites for hydroxylation is 1. The number of nitrogens with zero attached hydrogens (tertiary/aromatic N) is 2. The molecule has 21 heavy (non-hydrogen) atoms. The number of halogens is 1. The van der Waals surface area contributed by atoms with E-state index < -0.39 is 0 Å². The summed E-state index contributed by atoms with van der Waals surface area (Å²) < 4.78 is 19.0. The van der Waals surface area contributed by atoms with E-state index >= 15 is 0 Å². The first kappa shape index (κ1) is 13.5. The Morgan fingerprint density at radius 1 is 1.24 bits per heavy atom. The van der Waals surface area contributed by atoms with Crippen molar-refractivity contribution in [2.75, 3.05) is 0 Å². The SMILES string of the molecule is Cc1cnc2cc(CO)cc(Oc3cccc(F)c3)c2n1. The van der Waals surface area contributed by atoms with E-state index in [0.717, 1.165) is 5.69 Å². The van der Waals surface area contributed by atoms with Crippen LogP contribution in [0.4, 0.5) is 4.39 Å². The molecule has 0 aliphatic rings. The van der Waals surface area contributed by atoms with E-state index in [4.69, 9.17) is 4.74 Å². The van der Waals surface area contributed by atoms with Gasteiger partial charge in [-0.25, -0.2) is 9.37 Å². The van der Waals surface area contributed by atoms with Gasteiger partial charge in [0, 0.05) is 12.3 Å². The Kier molecular flexibility index (Phi) is 3.50. The fourth-order valence-corrected chi connectivity index (χ4v) is 2.05. The Bertz CT molecular complexity index is 805. The number of hydrogen-bond acceptors (Lipinski definition) is 4. The lowest BCUT2D eigenvalue weighted by molar-refractivity contribution is 0.281. The van der Waals surface area contributed by atoms with Gasteiger partial charge in [-0.05, 0) is 36.8 Å². The van der Waals surface area contributed by atoms with Crippen molar-refractivity contribution in [1.82, 2.24) is 9.97 Å². The topological polar surface area (TPSA) is 55.2 Å². The van der Waals surface area contributed by atoms with Crippen molar-refractivity contribution in [2.45, 2.75) is 13.5 Å². The van der Waals surface area contributed by atoms with Gasteiger partial charge in [-0.2, -0.15) is 0 Å². The van der Waals surface area contributed by atoms with E-state index in [9.17, 15) is 9.50 Å². The van der Waals surface area contributed by atoms with Crippen LogP contribution in [-0.4, -0.2) is 15.1 Å². The highest BCUT2D eigenvalue weighted by Crippen LogP contribution is 2.30. The summed E-state index contributed by atoms with van der Waals surface area (Å²) in [6.07, 6.45) is 1.65. The first-order chi connectivity index (χ1) is 10.2. The summed E-state index contributed by atoms with van der Waals surface area (Å²) in [5.41, 5.74) is 2.62. The first-order valence-corrected chi connectivity index (χ1v) is 6.46. The maximum Gasteiger partial charge on any atom is 0.155 e. The Hall–Kier alpha value is -2.53. The third kappa shape index (κ3) is 2.83. The molecule has 0 aliphatic carbocycles. The molecule has 0 bridgehead atoms. The van der Waals surface area contributed by atoms with Crippen LogP contribution in [-0.2, 0) is 6.61 Å². The summed E-state index contributed by atoms with van der Waals surface area (Å²) in [5, 5.41) is 9.32. The fraction of sp³-hybridized carbons (Fsp3) is 0.125. The van der Waals surface area contributed by atoms with Gasteiger partial charge in [0.2, 0.25) is 0 Å². The Morgan fingerprint density at radius 2 is 2.10 bits per heavy atom. The van der Waals surface area contributed by atoms with E-state index in [-0.39, 0.29) is 12.4 Å². The molecule has 1 N–H and O–H groups in total. The molecule has 1 aromatic heterocycles. The molecule has 2 aromatic carbocycles. The summed E-state index contributed by atoms with van der Waals surface area (Å²) in [7, 11) is 0. The second-order valence-corrected chi connectivity index (χ2v) is 4.69. The molecule has 3 rings (SSSR count). The predicted octanol–water partition coefficient (Wildman–Crippen LogP) is 3.36. The lowest BCUT2D eigenvalue weighted by Crippen LogP contribution is -1.95. The largest absolute Gasteiger partial charge is 0.455 e. The van der Waals surface area contributed by atoms with Gasteiger partial charge in [0.1, 0.15) is 17.1 Å². The number of rotatable bonds is 3. The molecule has 0 unspecified atom stereocenters. The quantitative estimate of drug-likeness (QED) is 0.801. The Morgan fingerprint density at radius 3 is 2.86 bits per heavy atom. The standard InChI is InChI=1S/C16H13FN2O2/c1-10-8-18-14-5-11(9-20)6-15(16(14)19-10)21-13-4-2-3-12(17)7-13/h2-8,20H,9H2,1H3. The van der Waals surface area contributed by atoms with Gasteiger partial charge in [0.25, 0.3) is 0 Å². The van der Waals surface area contributed by atoms with Crippen LogP contribution in [0.25, 0.3) is 11.0 Å². The van der Waals surface area contributed by atoms with Crippen LogP contribution in [0.15, 0.2) is 42.6 Å². The van der Waals surface area contributed by atoms with Gasteiger partial charge in [-0.1, -0.05) is 6.07 Å². The molecular formula is C16H13FN2O2. The summed E-state index contributed by atoms with van der Waals surface area (Å²) in [5.74, 6) is 0.436. The molecule has 0 saturated heterocycles. The maximum absolute atomic E-state index is 13.2. The highest BCUT2D eigenvalue weighted by atomic mass is 19.1. The molecule has 0 radical (unpaired) electrons. The molecule has 5 heteroatoms. The second-order valence-electron chi connectivity index (χ2n) is 4.69. The van der Waals surface area contributed by atoms with E-state index in [2.05, 4.69) is 9.97 Å². The minimum absolute atomic E-state index is 0.134. The van der Waals surface area contributed by atoms with Crippen molar-refractivity contribution in [2.24, 2.45) is 0 Å². The minimum atomic E-state index is -0.377. The molecule has 0 aliphatic heterocycles. The van der Waals surface area contributed by atoms with Crippen LogP contribution in [0.1, 0.15) is 11.3 Å². The number of fused-ring (bicyclic) bond motifs is 1. The van der Waals surface area contributed by atoms with E-state index in [1.807, 2.05) is 6.92 Å². The third-order valence-corrected chi connectivity index (χ3v) is 3.00. The molecule has 4 nitrogen and oxygen atoms in total. The van der Waals surface area contributed by atoms with Gasteiger partial charge < -0.3 is 9.84 Å². The minimum Gasteiger partial charge on any atom is -0.455 e. The van der Waals surface area contributed by atoms with Crippen LogP contribution in [0, 0.1) is 12.7 Å². The van der Waals surface area contributed by atoms with Crippen molar-refractivity contribution >= 4 is 11.0 Å². The zero-order valence-corrected chi connectivity index (χ0v) is 11.4. The highest BCUT2D eigenvalue weighted by Gasteiger charge is 2.10. The smallest absolute Gasteiger partial charge is 0.155 e. The van der Waals surface area contributed by atoms with Crippen molar-refractivity contribution in [3.63, 3.8) is 0 Å². The highest BCUT2D eigenvalue weighted by molar-refractivity contribution is 5.82. The molecule has 0 fully saturated rings. The number of aromatic nitrogens is 2. The first-order valence-electron chi connectivity index (χ1n) is 6.46. The van der Waals surface area contributed by atoms with Crippen LogP contribution >= 0.6 is 0 Å². The second kappa shape index (κ2) is 5.46. The third-order valence-electron chi connectivity index (χ3n) is 3.00. The van der Waals surface area contributed by atoms with Crippen molar-refractivity contribution in [3.05, 3.63) is 59.7 Å². The predicted molar refractivity (Wildman–Crippen MR) is 76.7 cm³/mol. The normalized spacial score (nSPS) is 10.8. The number of aliphatic hydroxyl groups is 1. The molecular weight excluding hydrogens is 271 g/mol. The van der Waals surface area contributed by atoms with E-state index in [1.165, 1.54) is 12.1 Å². The van der Waals surface area contributed by atoms with Gasteiger partial charge in [-0.15, -0.1) is 0 Å². The average Bonchev–Trinajstić information content (AvgIpc) is 2.47. The van der Waals surface area contributed by atoms with Gasteiger partial charge in [0.05, 0.1) is 17.8 Å².